The minimum absolute atomic E-state index is 0.0648. The minimum Gasteiger partial charge on any atom is -0.481 e. The number of hydrogen-bond donors (Lipinski definition) is 2. The molecule has 0 saturated carbocycles. The summed E-state index contributed by atoms with van der Waals surface area (Å²) in [5.41, 5.74) is 0.220. The predicted octanol–water partition coefficient (Wildman–Crippen LogP) is 5.67. The third kappa shape index (κ3) is 10.8. The Bertz CT molecular complexity index is 746. The Morgan fingerprint density at radius 1 is 0.833 bits per heavy atom. The fourth-order valence-electron chi connectivity index (χ4n) is 3.41. The normalized spacial score (nSPS) is 13.8. The van der Waals surface area contributed by atoms with Gasteiger partial charge in [0.05, 0.1) is 5.56 Å². The quantitative estimate of drug-likeness (QED) is 0.364. The standard InChI is InChI=1S/C16H32O2.C7H5NO3S/c1-2-3-4-5-6-7-8-9-10-11-12-13-14-15-16(17)18;9-7-5-3-1-2-4-6(5)12(10,11)8-7/h2-15H2,1H3,(H,17,18);1-4H,(H,8,9). The van der Waals surface area contributed by atoms with Crippen LogP contribution in [0.5, 0.6) is 0 Å². The van der Waals surface area contributed by atoms with Gasteiger partial charge in [-0.2, -0.15) is 0 Å². The Balaban J connectivity index is 0.000000321. The fourth-order valence-corrected chi connectivity index (χ4v) is 4.59. The number of fused-ring (bicyclic) bond motifs is 1. The van der Waals surface area contributed by atoms with E-state index >= 15 is 0 Å². The van der Waals surface area contributed by atoms with Crippen molar-refractivity contribution in [2.75, 3.05) is 0 Å². The summed E-state index contributed by atoms with van der Waals surface area (Å²) in [6.45, 7) is 2.26. The van der Waals surface area contributed by atoms with Gasteiger partial charge in [0.1, 0.15) is 4.90 Å². The molecule has 0 atom stereocenters. The number of carbonyl (C=O) groups is 2. The first-order valence-corrected chi connectivity index (χ1v) is 12.7. The molecule has 0 unspecified atom stereocenters. The van der Waals surface area contributed by atoms with Crippen LogP contribution >= 0.6 is 0 Å². The molecule has 1 amide bonds. The predicted molar refractivity (Wildman–Crippen MR) is 119 cm³/mol. The molecule has 0 aliphatic carbocycles. The van der Waals surface area contributed by atoms with Crippen LogP contribution in [0.4, 0.5) is 0 Å². The summed E-state index contributed by atoms with van der Waals surface area (Å²) in [7, 11) is -3.55. The second-order valence-corrected chi connectivity index (χ2v) is 9.47. The summed E-state index contributed by atoms with van der Waals surface area (Å²) >= 11 is 0. The van der Waals surface area contributed by atoms with E-state index in [2.05, 4.69) is 6.92 Å². The number of aliphatic carboxylic acids is 1. The lowest BCUT2D eigenvalue weighted by atomic mass is 10.0. The summed E-state index contributed by atoms with van der Waals surface area (Å²) in [6, 6.07) is 6.09. The second kappa shape index (κ2) is 15.0. The Morgan fingerprint density at radius 3 is 1.77 bits per heavy atom. The van der Waals surface area contributed by atoms with E-state index in [1.165, 1.54) is 82.8 Å². The number of rotatable bonds is 14. The highest BCUT2D eigenvalue weighted by Crippen LogP contribution is 2.20. The van der Waals surface area contributed by atoms with Crippen molar-refractivity contribution in [3.63, 3.8) is 0 Å². The molecule has 1 heterocycles. The molecule has 0 aromatic heterocycles. The number of unbranched alkanes of at least 4 members (excludes halogenated alkanes) is 12. The fraction of sp³-hybridized carbons (Fsp3) is 0.652. The first kappa shape index (κ1) is 26.1. The zero-order valence-electron chi connectivity index (χ0n) is 18.2. The highest BCUT2D eigenvalue weighted by Gasteiger charge is 2.31. The summed E-state index contributed by atoms with van der Waals surface area (Å²) in [4.78, 5) is 21.4. The summed E-state index contributed by atoms with van der Waals surface area (Å²) in [5, 5.41) is 8.49. The number of sulfonamides is 1. The largest absolute Gasteiger partial charge is 0.481 e. The maximum atomic E-state index is 11.1. The molecule has 1 aliphatic rings. The highest BCUT2D eigenvalue weighted by atomic mass is 32.2. The highest BCUT2D eigenvalue weighted by molar-refractivity contribution is 7.90. The maximum absolute atomic E-state index is 11.1. The first-order valence-electron chi connectivity index (χ1n) is 11.3. The SMILES string of the molecule is CCCCCCCCCCCCCCCC(=O)O.O=C1NS(=O)(=O)c2ccccc21. The maximum Gasteiger partial charge on any atom is 0.303 e. The zero-order chi connectivity index (χ0) is 22.2. The van der Waals surface area contributed by atoms with E-state index < -0.39 is 21.9 Å². The molecule has 0 saturated heterocycles. The summed E-state index contributed by atoms with van der Waals surface area (Å²) < 4.78 is 24.2. The van der Waals surface area contributed by atoms with Gasteiger partial charge in [0.2, 0.25) is 0 Å². The van der Waals surface area contributed by atoms with Crippen molar-refractivity contribution in [1.82, 2.24) is 4.72 Å². The Hall–Kier alpha value is -1.89. The van der Waals surface area contributed by atoms with E-state index in [-0.39, 0.29) is 10.5 Å². The van der Waals surface area contributed by atoms with Crippen LogP contribution in [-0.4, -0.2) is 25.4 Å². The van der Waals surface area contributed by atoms with Gasteiger partial charge < -0.3 is 5.11 Å². The lowest BCUT2D eigenvalue weighted by Gasteiger charge is -2.02. The van der Waals surface area contributed by atoms with Crippen molar-refractivity contribution in [2.45, 2.75) is 102 Å². The van der Waals surface area contributed by atoms with Gasteiger partial charge in [-0.25, -0.2) is 13.1 Å². The number of benzene rings is 1. The van der Waals surface area contributed by atoms with Crippen molar-refractivity contribution in [3.8, 4) is 0 Å². The molecule has 2 N–H and O–H groups in total. The van der Waals surface area contributed by atoms with Crippen LogP contribution in [0.1, 0.15) is 107 Å². The number of nitrogens with one attached hydrogen (secondary N) is 1. The zero-order valence-corrected chi connectivity index (χ0v) is 19.0. The van der Waals surface area contributed by atoms with Crippen LogP contribution in [-0.2, 0) is 14.8 Å². The smallest absolute Gasteiger partial charge is 0.303 e. The van der Waals surface area contributed by atoms with E-state index in [9.17, 15) is 18.0 Å². The van der Waals surface area contributed by atoms with Gasteiger partial charge in [-0.3, -0.25) is 9.59 Å². The van der Waals surface area contributed by atoms with Crippen molar-refractivity contribution in [2.24, 2.45) is 0 Å². The van der Waals surface area contributed by atoms with Crippen molar-refractivity contribution in [1.29, 1.82) is 0 Å². The molecule has 170 valence electrons. The average molecular weight is 440 g/mol. The molecule has 1 aromatic carbocycles. The minimum atomic E-state index is -3.55. The average Bonchev–Trinajstić information content (AvgIpc) is 2.95. The van der Waals surface area contributed by atoms with Crippen molar-refractivity contribution >= 4 is 21.9 Å². The molecule has 2 rings (SSSR count). The number of carbonyl (C=O) groups excluding carboxylic acids is 1. The van der Waals surface area contributed by atoms with Crippen LogP contribution in [0.2, 0.25) is 0 Å². The van der Waals surface area contributed by atoms with Crippen molar-refractivity contribution in [3.05, 3.63) is 29.8 Å². The molecule has 0 spiro atoms. The topological polar surface area (TPSA) is 101 Å². The van der Waals surface area contributed by atoms with E-state index in [1.807, 2.05) is 4.72 Å². The molecular formula is C23H37NO5S. The number of hydrogen-bond acceptors (Lipinski definition) is 4. The number of amides is 1. The molecule has 0 radical (unpaired) electrons. The number of carboxylic acid groups (broad SMARTS) is 1. The third-order valence-electron chi connectivity index (χ3n) is 5.14. The summed E-state index contributed by atoms with van der Waals surface area (Å²) in [5.74, 6) is -1.20. The summed E-state index contributed by atoms with van der Waals surface area (Å²) in [6.07, 6.45) is 17.3. The van der Waals surface area contributed by atoms with Crippen LogP contribution in [0.15, 0.2) is 29.2 Å². The molecular weight excluding hydrogens is 402 g/mol. The van der Waals surface area contributed by atoms with Crippen LogP contribution in [0.3, 0.4) is 0 Å². The van der Waals surface area contributed by atoms with Gasteiger partial charge in [0.25, 0.3) is 15.9 Å². The van der Waals surface area contributed by atoms with E-state index in [1.54, 1.807) is 12.1 Å². The number of carboxylic acids is 1. The van der Waals surface area contributed by atoms with E-state index in [4.69, 9.17) is 5.11 Å². The molecule has 30 heavy (non-hydrogen) atoms. The Labute approximate surface area is 181 Å². The van der Waals surface area contributed by atoms with Crippen molar-refractivity contribution < 1.29 is 23.1 Å². The van der Waals surface area contributed by atoms with Crippen LogP contribution in [0.25, 0.3) is 0 Å². The lowest BCUT2D eigenvalue weighted by molar-refractivity contribution is -0.137. The molecule has 1 aliphatic heterocycles. The third-order valence-corrected chi connectivity index (χ3v) is 6.53. The second-order valence-electron chi connectivity index (χ2n) is 7.82. The van der Waals surface area contributed by atoms with Gasteiger partial charge in [-0.15, -0.1) is 0 Å². The van der Waals surface area contributed by atoms with E-state index in [0.717, 1.165) is 12.8 Å². The molecule has 1 aromatic rings. The van der Waals surface area contributed by atoms with E-state index in [0.29, 0.717) is 6.42 Å². The van der Waals surface area contributed by atoms with Gasteiger partial charge >= 0.3 is 5.97 Å². The molecule has 0 fully saturated rings. The van der Waals surface area contributed by atoms with Gasteiger partial charge in [0.15, 0.2) is 0 Å². The molecule has 7 heteroatoms. The lowest BCUT2D eigenvalue weighted by Crippen LogP contribution is -2.20. The van der Waals surface area contributed by atoms with Crippen LogP contribution in [0, 0.1) is 0 Å². The molecule has 0 bridgehead atoms. The van der Waals surface area contributed by atoms with Gasteiger partial charge in [-0.1, -0.05) is 96.1 Å². The van der Waals surface area contributed by atoms with Gasteiger partial charge in [0, 0.05) is 6.42 Å². The first-order chi connectivity index (χ1) is 14.4. The van der Waals surface area contributed by atoms with Crippen LogP contribution < -0.4 is 4.72 Å². The monoisotopic (exact) mass is 439 g/mol. The molecule has 6 nitrogen and oxygen atoms in total. The Morgan fingerprint density at radius 2 is 1.30 bits per heavy atom. The Kier molecular flexibility index (Phi) is 13.1. The van der Waals surface area contributed by atoms with Gasteiger partial charge in [-0.05, 0) is 18.6 Å².